The molecule has 3 rings (SSSR count). The van der Waals surface area contributed by atoms with Gasteiger partial charge >= 0.3 is 6.03 Å². The Bertz CT molecular complexity index is 976. The second-order valence-electron chi connectivity index (χ2n) is 6.27. The minimum absolute atomic E-state index is 0.346. The molecule has 0 fully saturated rings. The van der Waals surface area contributed by atoms with Crippen LogP contribution in [0.5, 0.6) is 5.75 Å². The number of carbonyl (C=O) groups is 1. The SMILES string of the molecule is COc1ccc2cc(CNC(=O)NC(C)c3ccc(F)c(F)c3)ccc2c1. The summed E-state index contributed by atoms with van der Waals surface area (Å²) >= 11 is 0. The third kappa shape index (κ3) is 4.53. The number of rotatable bonds is 5. The number of ether oxygens (including phenoxy) is 1. The van der Waals surface area contributed by atoms with E-state index in [4.69, 9.17) is 4.74 Å². The molecule has 0 aromatic heterocycles. The summed E-state index contributed by atoms with van der Waals surface area (Å²) in [5.74, 6) is -1.06. The van der Waals surface area contributed by atoms with Crippen molar-refractivity contribution in [3.63, 3.8) is 0 Å². The molecule has 0 spiro atoms. The predicted octanol–water partition coefficient (Wildman–Crippen LogP) is 4.69. The third-order valence-electron chi connectivity index (χ3n) is 4.36. The Morgan fingerprint density at radius 2 is 1.74 bits per heavy atom. The predicted molar refractivity (Wildman–Crippen MR) is 101 cm³/mol. The molecule has 1 unspecified atom stereocenters. The van der Waals surface area contributed by atoms with E-state index in [1.807, 2.05) is 36.4 Å². The standard InChI is InChI=1S/C21H20F2N2O2/c1-13(15-6-8-19(22)20(23)11-15)25-21(26)24-12-14-3-4-17-10-18(27-2)7-5-16(17)9-14/h3-11,13H,12H2,1-2H3,(H2,24,25,26). The number of methoxy groups -OCH3 is 1. The van der Waals surface area contributed by atoms with E-state index >= 15 is 0 Å². The Balaban J connectivity index is 1.59. The van der Waals surface area contributed by atoms with Gasteiger partial charge in [-0.25, -0.2) is 13.6 Å². The van der Waals surface area contributed by atoms with Crippen molar-refractivity contribution in [3.8, 4) is 5.75 Å². The molecule has 0 heterocycles. The molecule has 3 aromatic rings. The van der Waals surface area contributed by atoms with Crippen LogP contribution in [0.25, 0.3) is 10.8 Å². The van der Waals surface area contributed by atoms with Gasteiger partial charge in [-0.05, 0) is 59.2 Å². The van der Waals surface area contributed by atoms with Gasteiger partial charge < -0.3 is 15.4 Å². The first kappa shape index (κ1) is 18.6. The van der Waals surface area contributed by atoms with Gasteiger partial charge in [-0.3, -0.25) is 0 Å². The van der Waals surface area contributed by atoms with Crippen molar-refractivity contribution in [2.24, 2.45) is 0 Å². The average Bonchev–Trinajstić information content (AvgIpc) is 2.67. The molecule has 0 bridgehead atoms. The van der Waals surface area contributed by atoms with Crippen LogP contribution < -0.4 is 15.4 Å². The molecule has 1 atom stereocenters. The van der Waals surface area contributed by atoms with Gasteiger partial charge in [0.15, 0.2) is 11.6 Å². The lowest BCUT2D eigenvalue weighted by Crippen LogP contribution is -2.36. The van der Waals surface area contributed by atoms with Crippen molar-refractivity contribution in [2.45, 2.75) is 19.5 Å². The van der Waals surface area contributed by atoms with Crippen LogP contribution in [0, 0.1) is 11.6 Å². The maximum absolute atomic E-state index is 13.3. The summed E-state index contributed by atoms with van der Waals surface area (Å²) < 4.78 is 31.5. The van der Waals surface area contributed by atoms with E-state index in [0.717, 1.165) is 34.2 Å². The first-order chi connectivity index (χ1) is 13.0. The normalized spacial score (nSPS) is 11.9. The quantitative estimate of drug-likeness (QED) is 0.685. The smallest absolute Gasteiger partial charge is 0.315 e. The Morgan fingerprint density at radius 1 is 1.00 bits per heavy atom. The van der Waals surface area contributed by atoms with Crippen molar-refractivity contribution in [2.75, 3.05) is 7.11 Å². The fourth-order valence-electron chi connectivity index (χ4n) is 2.81. The molecule has 4 nitrogen and oxygen atoms in total. The topological polar surface area (TPSA) is 50.4 Å². The molecule has 3 aromatic carbocycles. The zero-order valence-electron chi connectivity index (χ0n) is 15.1. The summed E-state index contributed by atoms with van der Waals surface area (Å²) in [5, 5.41) is 7.58. The van der Waals surface area contributed by atoms with E-state index in [0.29, 0.717) is 12.1 Å². The number of urea groups is 1. The number of carbonyl (C=O) groups excluding carboxylic acids is 1. The number of fused-ring (bicyclic) bond motifs is 1. The highest BCUT2D eigenvalue weighted by Gasteiger charge is 2.12. The van der Waals surface area contributed by atoms with E-state index in [-0.39, 0.29) is 6.03 Å². The Hall–Kier alpha value is -3.15. The lowest BCUT2D eigenvalue weighted by atomic mass is 10.1. The number of benzene rings is 3. The first-order valence-corrected chi connectivity index (χ1v) is 8.52. The lowest BCUT2D eigenvalue weighted by molar-refractivity contribution is 0.237. The van der Waals surface area contributed by atoms with Crippen LogP contribution in [0.4, 0.5) is 13.6 Å². The molecule has 0 saturated heterocycles. The van der Waals surface area contributed by atoms with Gasteiger partial charge in [0.05, 0.1) is 13.2 Å². The van der Waals surface area contributed by atoms with Gasteiger partial charge in [0, 0.05) is 6.54 Å². The molecule has 0 radical (unpaired) electrons. The summed E-state index contributed by atoms with van der Waals surface area (Å²) in [4.78, 5) is 12.1. The van der Waals surface area contributed by atoms with Crippen molar-refractivity contribution in [3.05, 3.63) is 77.4 Å². The van der Waals surface area contributed by atoms with E-state index in [1.165, 1.54) is 6.07 Å². The van der Waals surface area contributed by atoms with Gasteiger partial charge in [0.1, 0.15) is 5.75 Å². The molecule has 6 heteroatoms. The molecular formula is C21H20F2N2O2. The maximum Gasteiger partial charge on any atom is 0.315 e. The summed E-state index contributed by atoms with van der Waals surface area (Å²) in [6, 6.07) is 14.4. The number of halogens is 2. The van der Waals surface area contributed by atoms with Crippen LogP contribution >= 0.6 is 0 Å². The van der Waals surface area contributed by atoms with Crippen molar-refractivity contribution in [1.82, 2.24) is 10.6 Å². The van der Waals surface area contributed by atoms with Gasteiger partial charge in [-0.1, -0.05) is 24.3 Å². The number of nitrogens with one attached hydrogen (secondary N) is 2. The van der Waals surface area contributed by atoms with Crippen LogP contribution in [0.3, 0.4) is 0 Å². The van der Waals surface area contributed by atoms with Gasteiger partial charge in [-0.2, -0.15) is 0 Å². The molecule has 0 aliphatic heterocycles. The highest BCUT2D eigenvalue weighted by Crippen LogP contribution is 2.22. The molecule has 140 valence electrons. The van der Waals surface area contributed by atoms with Crippen LogP contribution in [0.15, 0.2) is 54.6 Å². The number of hydrogen-bond donors (Lipinski definition) is 2. The molecule has 2 N–H and O–H groups in total. The van der Waals surface area contributed by atoms with Gasteiger partial charge in [0.2, 0.25) is 0 Å². The monoisotopic (exact) mass is 370 g/mol. The Morgan fingerprint density at radius 3 is 2.48 bits per heavy atom. The maximum atomic E-state index is 13.3. The third-order valence-corrected chi connectivity index (χ3v) is 4.36. The fourth-order valence-corrected chi connectivity index (χ4v) is 2.81. The van der Waals surface area contributed by atoms with E-state index in [1.54, 1.807) is 14.0 Å². The minimum Gasteiger partial charge on any atom is -0.497 e. The molecule has 2 amide bonds. The minimum atomic E-state index is -0.936. The van der Waals surface area contributed by atoms with Crippen LogP contribution in [0.1, 0.15) is 24.1 Å². The van der Waals surface area contributed by atoms with Gasteiger partial charge in [-0.15, -0.1) is 0 Å². The molecule has 0 aliphatic carbocycles. The summed E-state index contributed by atoms with van der Waals surface area (Å²) in [6.45, 7) is 2.05. The van der Waals surface area contributed by atoms with Crippen molar-refractivity contribution >= 4 is 16.8 Å². The second-order valence-corrected chi connectivity index (χ2v) is 6.27. The summed E-state index contributed by atoms with van der Waals surface area (Å²) in [7, 11) is 1.62. The van der Waals surface area contributed by atoms with Crippen LogP contribution in [-0.4, -0.2) is 13.1 Å². The van der Waals surface area contributed by atoms with E-state index in [2.05, 4.69) is 10.6 Å². The zero-order valence-corrected chi connectivity index (χ0v) is 15.1. The second kappa shape index (κ2) is 8.03. The highest BCUT2D eigenvalue weighted by atomic mass is 19.2. The molecule has 0 saturated carbocycles. The molecule has 0 aliphatic rings. The Kier molecular flexibility index (Phi) is 5.54. The summed E-state index contributed by atoms with van der Waals surface area (Å²) in [5.41, 5.74) is 1.44. The fraction of sp³-hybridized carbons (Fsp3) is 0.190. The van der Waals surface area contributed by atoms with Crippen LogP contribution in [0.2, 0.25) is 0 Å². The number of hydrogen-bond acceptors (Lipinski definition) is 2. The summed E-state index contributed by atoms with van der Waals surface area (Å²) in [6.07, 6.45) is 0. The first-order valence-electron chi connectivity index (χ1n) is 8.52. The average molecular weight is 370 g/mol. The molecular weight excluding hydrogens is 350 g/mol. The van der Waals surface area contributed by atoms with Crippen molar-refractivity contribution < 1.29 is 18.3 Å². The molecule has 27 heavy (non-hydrogen) atoms. The Labute approximate surface area is 156 Å². The van der Waals surface area contributed by atoms with Crippen molar-refractivity contribution in [1.29, 1.82) is 0 Å². The van der Waals surface area contributed by atoms with E-state index < -0.39 is 17.7 Å². The highest BCUT2D eigenvalue weighted by molar-refractivity contribution is 5.84. The van der Waals surface area contributed by atoms with Gasteiger partial charge in [0.25, 0.3) is 0 Å². The number of amides is 2. The lowest BCUT2D eigenvalue weighted by Gasteiger charge is -2.15. The largest absolute Gasteiger partial charge is 0.497 e. The zero-order chi connectivity index (χ0) is 19.4. The van der Waals surface area contributed by atoms with E-state index in [9.17, 15) is 13.6 Å². The van der Waals surface area contributed by atoms with Crippen LogP contribution in [-0.2, 0) is 6.54 Å².